The molecule has 0 fully saturated rings. The highest BCUT2D eigenvalue weighted by Gasteiger charge is 2.39. The summed E-state index contributed by atoms with van der Waals surface area (Å²) < 4.78 is 5.87. The maximum Gasteiger partial charge on any atom is 0.339 e. The molecule has 0 aliphatic carbocycles. The average molecular weight is 440 g/mol. The first kappa shape index (κ1) is 25.6. The van der Waals surface area contributed by atoms with E-state index in [1.807, 2.05) is 45.0 Å². The molecule has 0 aliphatic rings. The number of esters is 1. The lowest BCUT2D eigenvalue weighted by Gasteiger charge is -2.42. The van der Waals surface area contributed by atoms with E-state index in [1.165, 1.54) is 0 Å². The molecular weight excluding hydrogens is 402 g/mol. The Morgan fingerprint density at radius 1 is 0.875 bits per heavy atom. The summed E-state index contributed by atoms with van der Waals surface area (Å²) in [4.78, 5) is 27.7. The molecule has 174 valence electrons. The van der Waals surface area contributed by atoms with Crippen LogP contribution in [0.1, 0.15) is 70.0 Å². The average Bonchev–Trinajstić information content (AvgIpc) is 2.74. The molecule has 1 amide bonds. The Labute approximate surface area is 192 Å². The van der Waals surface area contributed by atoms with Crippen molar-refractivity contribution in [2.24, 2.45) is 10.8 Å². The molecule has 0 radical (unpaired) electrons. The standard InChI is InChI=1S/C27H37NO4/c1-26(2,3)21(28(7)24(30)20-16-12-9-13-17-20)18-22(27(4,5)6)32-25(31)23(29)19-14-10-8-11-15-19/h8-17,21-23,29H,18H2,1-7H3/t21-,22+,23-/m0/s1. The predicted molar refractivity (Wildman–Crippen MR) is 127 cm³/mol. The smallest absolute Gasteiger partial charge is 0.339 e. The Bertz CT molecular complexity index is 881. The molecule has 32 heavy (non-hydrogen) atoms. The summed E-state index contributed by atoms with van der Waals surface area (Å²) in [6, 6.07) is 17.7. The van der Waals surface area contributed by atoms with Gasteiger partial charge in [-0.25, -0.2) is 4.79 Å². The van der Waals surface area contributed by atoms with Crippen molar-refractivity contribution in [3.05, 3.63) is 71.8 Å². The number of hydrogen-bond donors (Lipinski definition) is 1. The number of benzene rings is 2. The number of ether oxygens (including phenoxy) is 1. The number of rotatable bonds is 7. The highest BCUT2D eigenvalue weighted by molar-refractivity contribution is 5.94. The highest BCUT2D eigenvalue weighted by Crippen LogP contribution is 2.35. The molecule has 0 heterocycles. The van der Waals surface area contributed by atoms with E-state index in [9.17, 15) is 14.7 Å². The summed E-state index contributed by atoms with van der Waals surface area (Å²) in [6.07, 6.45) is -1.39. The number of aliphatic hydroxyl groups is 1. The molecule has 5 nitrogen and oxygen atoms in total. The van der Waals surface area contributed by atoms with Crippen molar-refractivity contribution in [1.82, 2.24) is 4.90 Å². The zero-order valence-electron chi connectivity index (χ0n) is 20.3. The van der Waals surface area contributed by atoms with Crippen LogP contribution in [0, 0.1) is 10.8 Å². The minimum Gasteiger partial charge on any atom is -0.460 e. The van der Waals surface area contributed by atoms with Gasteiger partial charge in [-0.3, -0.25) is 4.79 Å². The number of carbonyl (C=O) groups excluding carboxylic acids is 2. The van der Waals surface area contributed by atoms with Gasteiger partial charge in [0.15, 0.2) is 6.10 Å². The first-order chi connectivity index (χ1) is 14.8. The summed E-state index contributed by atoms with van der Waals surface area (Å²) in [5, 5.41) is 10.5. The van der Waals surface area contributed by atoms with E-state index in [-0.39, 0.29) is 22.8 Å². The molecule has 0 spiro atoms. The summed E-state index contributed by atoms with van der Waals surface area (Å²) in [5.41, 5.74) is 0.473. The van der Waals surface area contributed by atoms with E-state index >= 15 is 0 Å². The van der Waals surface area contributed by atoms with Crippen molar-refractivity contribution < 1.29 is 19.4 Å². The van der Waals surface area contributed by atoms with Gasteiger partial charge < -0.3 is 14.7 Å². The fraction of sp³-hybridized carbons (Fsp3) is 0.481. The van der Waals surface area contributed by atoms with E-state index < -0.39 is 18.2 Å². The van der Waals surface area contributed by atoms with Gasteiger partial charge in [0, 0.05) is 25.1 Å². The van der Waals surface area contributed by atoms with Crippen LogP contribution in [0.25, 0.3) is 0 Å². The SMILES string of the molecule is CN(C(=O)c1ccccc1)[C@@H](C[C@@H](OC(=O)[C@@H](O)c1ccccc1)C(C)(C)C)C(C)(C)C. The molecule has 0 unspecified atom stereocenters. The van der Waals surface area contributed by atoms with Crippen LogP contribution in [0.5, 0.6) is 0 Å². The van der Waals surface area contributed by atoms with E-state index in [4.69, 9.17) is 4.74 Å². The number of carbonyl (C=O) groups is 2. The molecule has 2 rings (SSSR count). The van der Waals surface area contributed by atoms with Crippen molar-refractivity contribution >= 4 is 11.9 Å². The number of amides is 1. The van der Waals surface area contributed by atoms with Crippen molar-refractivity contribution in [3.63, 3.8) is 0 Å². The third kappa shape index (κ3) is 6.67. The Balaban J connectivity index is 2.26. The molecular formula is C27H37NO4. The molecule has 2 aromatic carbocycles. The minimum atomic E-state index is -1.35. The Kier molecular flexibility index (Phi) is 8.24. The Morgan fingerprint density at radius 2 is 1.38 bits per heavy atom. The summed E-state index contributed by atoms with van der Waals surface area (Å²) in [6.45, 7) is 12.2. The monoisotopic (exact) mass is 439 g/mol. The molecule has 0 saturated carbocycles. The van der Waals surface area contributed by atoms with E-state index in [2.05, 4.69) is 20.8 Å². The third-order valence-corrected chi connectivity index (χ3v) is 5.81. The minimum absolute atomic E-state index is 0.0752. The van der Waals surface area contributed by atoms with Gasteiger partial charge >= 0.3 is 5.97 Å². The van der Waals surface area contributed by atoms with Crippen LogP contribution in [-0.2, 0) is 9.53 Å². The van der Waals surface area contributed by atoms with Crippen LogP contribution in [0.4, 0.5) is 0 Å². The van der Waals surface area contributed by atoms with Gasteiger partial charge in [0.2, 0.25) is 0 Å². The second kappa shape index (κ2) is 10.3. The number of hydrogen-bond acceptors (Lipinski definition) is 4. The summed E-state index contributed by atoms with van der Waals surface area (Å²) in [5.74, 6) is -0.755. The summed E-state index contributed by atoms with van der Waals surface area (Å²) in [7, 11) is 1.80. The Hall–Kier alpha value is -2.66. The molecule has 0 aliphatic heterocycles. The van der Waals surface area contributed by atoms with E-state index in [0.717, 1.165) is 0 Å². The van der Waals surface area contributed by atoms with Crippen LogP contribution < -0.4 is 0 Å². The molecule has 2 aromatic rings. The third-order valence-electron chi connectivity index (χ3n) is 5.81. The largest absolute Gasteiger partial charge is 0.460 e. The van der Waals surface area contributed by atoms with E-state index in [0.29, 0.717) is 17.5 Å². The van der Waals surface area contributed by atoms with Crippen molar-refractivity contribution in [1.29, 1.82) is 0 Å². The second-order valence-electron chi connectivity index (χ2n) is 10.5. The van der Waals surface area contributed by atoms with Gasteiger partial charge in [-0.2, -0.15) is 0 Å². The lowest BCUT2D eigenvalue weighted by Crippen LogP contribution is -2.49. The van der Waals surface area contributed by atoms with Crippen LogP contribution in [0.3, 0.4) is 0 Å². The topological polar surface area (TPSA) is 66.8 Å². The molecule has 1 N–H and O–H groups in total. The number of aliphatic hydroxyl groups excluding tert-OH is 1. The van der Waals surface area contributed by atoms with Crippen LogP contribution in [-0.4, -0.2) is 41.1 Å². The van der Waals surface area contributed by atoms with Gasteiger partial charge in [-0.1, -0.05) is 90.1 Å². The van der Waals surface area contributed by atoms with Gasteiger partial charge in [0.1, 0.15) is 6.10 Å². The van der Waals surface area contributed by atoms with Crippen LogP contribution in [0.2, 0.25) is 0 Å². The van der Waals surface area contributed by atoms with Crippen molar-refractivity contribution in [2.75, 3.05) is 7.05 Å². The zero-order chi connectivity index (χ0) is 24.1. The maximum atomic E-state index is 13.2. The molecule has 5 heteroatoms. The maximum absolute atomic E-state index is 13.2. The van der Waals surface area contributed by atoms with Crippen molar-refractivity contribution in [2.45, 2.75) is 66.2 Å². The first-order valence-corrected chi connectivity index (χ1v) is 11.1. The predicted octanol–water partition coefficient (Wildman–Crippen LogP) is 5.25. The van der Waals surface area contributed by atoms with Crippen molar-refractivity contribution in [3.8, 4) is 0 Å². The van der Waals surface area contributed by atoms with Crippen LogP contribution in [0.15, 0.2) is 60.7 Å². The normalized spacial score (nSPS) is 14.9. The summed E-state index contributed by atoms with van der Waals surface area (Å²) >= 11 is 0. The highest BCUT2D eigenvalue weighted by atomic mass is 16.6. The van der Waals surface area contributed by atoms with E-state index in [1.54, 1.807) is 48.3 Å². The molecule has 3 atom stereocenters. The van der Waals surface area contributed by atoms with Gasteiger partial charge in [0.05, 0.1) is 0 Å². The first-order valence-electron chi connectivity index (χ1n) is 11.1. The quantitative estimate of drug-likeness (QED) is 0.598. The molecule has 0 aromatic heterocycles. The van der Waals surface area contributed by atoms with Gasteiger partial charge in [-0.05, 0) is 28.5 Å². The zero-order valence-corrected chi connectivity index (χ0v) is 20.3. The second-order valence-corrected chi connectivity index (χ2v) is 10.5. The lowest BCUT2D eigenvalue weighted by molar-refractivity contribution is -0.167. The van der Waals surface area contributed by atoms with Crippen LogP contribution >= 0.6 is 0 Å². The van der Waals surface area contributed by atoms with Gasteiger partial charge in [-0.15, -0.1) is 0 Å². The number of nitrogens with zero attached hydrogens (tertiary/aromatic N) is 1. The molecule has 0 saturated heterocycles. The lowest BCUT2D eigenvalue weighted by atomic mass is 9.77. The molecule has 0 bridgehead atoms. The fourth-order valence-corrected chi connectivity index (χ4v) is 3.78. The fourth-order valence-electron chi connectivity index (χ4n) is 3.78. The Morgan fingerprint density at radius 3 is 1.84 bits per heavy atom. The van der Waals surface area contributed by atoms with Gasteiger partial charge in [0.25, 0.3) is 5.91 Å².